The van der Waals surface area contributed by atoms with E-state index in [9.17, 15) is 4.79 Å². The predicted octanol–water partition coefficient (Wildman–Crippen LogP) is 7.76. The van der Waals surface area contributed by atoms with Crippen LogP contribution in [0.3, 0.4) is 0 Å². The fraction of sp³-hybridized carbons (Fsp3) is 0.690. The molecule has 1 aromatic rings. The Morgan fingerprint density at radius 1 is 0.781 bits per heavy atom. The number of hydrogen-bond donors (Lipinski definition) is 1. The van der Waals surface area contributed by atoms with Crippen LogP contribution in [0.5, 0.6) is 0 Å². The maximum Gasteiger partial charge on any atom is 0.249 e. The van der Waals surface area contributed by atoms with E-state index in [0.717, 1.165) is 22.3 Å². The minimum absolute atomic E-state index is 0.00138. The number of carbonyl (C=O) groups is 1. The van der Waals surface area contributed by atoms with Crippen molar-refractivity contribution in [2.45, 2.75) is 110 Å². The maximum atomic E-state index is 12.3. The zero-order valence-corrected chi connectivity index (χ0v) is 21.6. The molecule has 3 nitrogen and oxygen atoms in total. The summed E-state index contributed by atoms with van der Waals surface area (Å²) in [6, 6.07) is 10.1. The Hall–Kier alpha value is -1.61. The summed E-state index contributed by atoms with van der Waals surface area (Å²) in [5.41, 5.74) is 2.24. The normalized spacial score (nSPS) is 12.2. The van der Waals surface area contributed by atoms with Crippen molar-refractivity contribution in [3.63, 3.8) is 0 Å². The molecule has 0 bridgehead atoms. The molecule has 1 rings (SSSR count). The smallest absolute Gasteiger partial charge is 0.249 e. The van der Waals surface area contributed by atoms with Crippen molar-refractivity contribution in [2.24, 2.45) is 0 Å². The van der Waals surface area contributed by atoms with Gasteiger partial charge in [0, 0.05) is 13.5 Å². The number of allylic oxidation sites excluding steroid dienone is 1. The van der Waals surface area contributed by atoms with Crippen molar-refractivity contribution in [3.05, 3.63) is 47.7 Å². The zero-order chi connectivity index (χ0) is 23.5. The molecular formula is C29H51N2O+. The van der Waals surface area contributed by atoms with E-state index in [0.29, 0.717) is 6.54 Å². The minimum Gasteiger partial charge on any atom is -0.348 e. The Labute approximate surface area is 199 Å². The number of hydrogen-bond acceptors (Lipinski definition) is 1. The first kappa shape index (κ1) is 28.4. The van der Waals surface area contributed by atoms with Gasteiger partial charge in [0.2, 0.25) is 5.91 Å². The van der Waals surface area contributed by atoms with E-state index in [2.05, 4.69) is 33.3 Å². The summed E-state index contributed by atoms with van der Waals surface area (Å²) in [5, 5.41) is 3.00. The van der Waals surface area contributed by atoms with Crippen LogP contribution in [0.2, 0.25) is 0 Å². The van der Waals surface area contributed by atoms with Gasteiger partial charge in [0.1, 0.15) is 5.70 Å². The fourth-order valence-electron chi connectivity index (χ4n) is 4.08. The van der Waals surface area contributed by atoms with Gasteiger partial charge in [-0.25, -0.2) is 0 Å². The second-order valence-corrected chi connectivity index (χ2v) is 9.99. The molecule has 3 heteroatoms. The number of rotatable bonds is 19. The minimum atomic E-state index is -0.00138. The second-order valence-electron chi connectivity index (χ2n) is 9.99. The molecule has 0 aliphatic carbocycles. The van der Waals surface area contributed by atoms with Crippen molar-refractivity contribution in [2.75, 3.05) is 20.6 Å². The molecule has 0 aromatic heterocycles. The lowest BCUT2D eigenvalue weighted by Crippen LogP contribution is -2.39. The molecule has 0 fully saturated rings. The molecule has 182 valence electrons. The fourth-order valence-corrected chi connectivity index (χ4v) is 4.08. The molecule has 0 spiro atoms. The van der Waals surface area contributed by atoms with Gasteiger partial charge in [-0.2, -0.15) is 0 Å². The zero-order valence-electron chi connectivity index (χ0n) is 21.6. The molecule has 0 aliphatic rings. The van der Waals surface area contributed by atoms with E-state index < -0.39 is 0 Å². The molecule has 0 radical (unpaired) electrons. The van der Waals surface area contributed by atoms with Crippen LogP contribution < -0.4 is 5.32 Å². The quantitative estimate of drug-likeness (QED) is 0.132. The van der Waals surface area contributed by atoms with Crippen molar-refractivity contribution >= 4 is 5.91 Å². The van der Waals surface area contributed by atoms with Crippen LogP contribution in [-0.2, 0) is 11.3 Å². The summed E-state index contributed by atoms with van der Waals surface area (Å²) in [5.74, 6) is -0.00138. The molecule has 0 heterocycles. The van der Waals surface area contributed by atoms with Gasteiger partial charge in [-0.15, -0.1) is 0 Å². The third-order valence-corrected chi connectivity index (χ3v) is 6.68. The first-order valence-corrected chi connectivity index (χ1v) is 13.3. The van der Waals surface area contributed by atoms with E-state index in [4.69, 9.17) is 0 Å². The highest BCUT2D eigenvalue weighted by atomic mass is 16.1. The summed E-state index contributed by atoms with van der Waals surface area (Å²) in [7, 11) is 4.41. The molecule has 1 amide bonds. The number of quaternary nitrogens is 1. The van der Waals surface area contributed by atoms with Crippen molar-refractivity contribution in [3.8, 4) is 0 Å². The van der Waals surface area contributed by atoms with Crippen LogP contribution in [0.15, 0.2) is 42.1 Å². The molecule has 32 heavy (non-hydrogen) atoms. The van der Waals surface area contributed by atoms with Gasteiger partial charge in [0.15, 0.2) is 0 Å². The largest absolute Gasteiger partial charge is 0.348 e. The Balaban J connectivity index is 2.05. The van der Waals surface area contributed by atoms with Crippen molar-refractivity contribution in [1.82, 2.24) is 5.32 Å². The molecular weight excluding hydrogens is 392 g/mol. The first-order valence-electron chi connectivity index (χ1n) is 13.3. The number of nitrogens with one attached hydrogen (secondary N) is 1. The summed E-state index contributed by atoms with van der Waals surface area (Å²) >= 11 is 0. The van der Waals surface area contributed by atoms with E-state index in [1.165, 1.54) is 89.9 Å². The third-order valence-electron chi connectivity index (χ3n) is 6.68. The molecule has 0 aliphatic heterocycles. The van der Waals surface area contributed by atoms with Gasteiger partial charge in [-0.3, -0.25) is 9.28 Å². The van der Waals surface area contributed by atoms with Crippen LogP contribution in [0, 0.1) is 0 Å². The van der Waals surface area contributed by atoms with Crippen LogP contribution in [0.4, 0.5) is 0 Å². The molecule has 1 N–H and O–H groups in total. The first-order chi connectivity index (χ1) is 15.5. The van der Waals surface area contributed by atoms with Gasteiger partial charge in [0.25, 0.3) is 0 Å². The number of amides is 1. The number of benzene rings is 1. The van der Waals surface area contributed by atoms with Gasteiger partial charge < -0.3 is 5.32 Å². The highest BCUT2D eigenvalue weighted by Gasteiger charge is 2.18. The van der Waals surface area contributed by atoms with Gasteiger partial charge in [0.05, 0.1) is 26.7 Å². The molecule has 0 saturated heterocycles. The lowest BCUT2D eigenvalue weighted by Gasteiger charge is -2.30. The summed E-state index contributed by atoms with van der Waals surface area (Å²) < 4.78 is 0.789. The van der Waals surface area contributed by atoms with Crippen LogP contribution in [-0.4, -0.2) is 31.0 Å². The second kappa shape index (κ2) is 17.9. The van der Waals surface area contributed by atoms with Crippen molar-refractivity contribution < 1.29 is 9.28 Å². The SMILES string of the molecule is CCCCCCCCCCCCCCCC[N+](C)(C)/C(C)=C/C(=O)NCc1ccccc1. The van der Waals surface area contributed by atoms with E-state index >= 15 is 0 Å². The number of nitrogens with zero attached hydrogens (tertiary/aromatic N) is 1. The van der Waals surface area contributed by atoms with E-state index in [-0.39, 0.29) is 5.91 Å². The Morgan fingerprint density at radius 2 is 1.25 bits per heavy atom. The summed E-state index contributed by atoms with van der Waals surface area (Å²) in [6.07, 6.45) is 21.2. The number of unbranched alkanes of at least 4 members (excludes halogenated alkanes) is 13. The Morgan fingerprint density at radius 3 is 1.75 bits per heavy atom. The van der Waals surface area contributed by atoms with E-state index in [1.54, 1.807) is 6.08 Å². The highest BCUT2D eigenvalue weighted by Crippen LogP contribution is 2.16. The number of carbonyl (C=O) groups excluding carboxylic acids is 1. The Kier molecular flexibility index (Phi) is 15.9. The molecule has 1 aromatic carbocycles. The van der Waals surface area contributed by atoms with E-state index in [1.807, 2.05) is 30.3 Å². The predicted molar refractivity (Wildman–Crippen MR) is 139 cm³/mol. The summed E-state index contributed by atoms with van der Waals surface area (Å²) in [4.78, 5) is 12.3. The van der Waals surface area contributed by atoms with Crippen LogP contribution in [0.25, 0.3) is 0 Å². The maximum absolute atomic E-state index is 12.3. The molecule has 0 unspecified atom stereocenters. The average molecular weight is 444 g/mol. The van der Waals surface area contributed by atoms with Crippen LogP contribution >= 0.6 is 0 Å². The lowest BCUT2D eigenvalue weighted by atomic mass is 10.0. The molecule has 0 saturated carbocycles. The average Bonchev–Trinajstić information content (AvgIpc) is 2.78. The van der Waals surface area contributed by atoms with Crippen molar-refractivity contribution in [1.29, 1.82) is 0 Å². The topological polar surface area (TPSA) is 29.1 Å². The Bertz CT molecular complexity index is 621. The van der Waals surface area contributed by atoms with Gasteiger partial charge in [-0.1, -0.05) is 114 Å². The molecule has 0 atom stereocenters. The monoisotopic (exact) mass is 443 g/mol. The summed E-state index contributed by atoms with van der Waals surface area (Å²) in [6.45, 7) is 6.03. The lowest BCUT2D eigenvalue weighted by molar-refractivity contribution is -0.852. The van der Waals surface area contributed by atoms with Gasteiger partial charge >= 0.3 is 0 Å². The van der Waals surface area contributed by atoms with Crippen LogP contribution in [0.1, 0.15) is 109 Å². The highest BCUT2D eigenvalue weighted by molar-refractivity contribution is 5.87. The van der Waals surface area contributed by atoms with Gasteiger partial charge in [-0.05, 0) is 18.4 Å². The standard InChI is InChI=1S/C29H50N2O/c1-5-6-7-8-9-10-11-12-13-14-15-16-17-21-24-31(3,4)27(2)25-29(32)30-26-28-22-19-18-20-23-28/h18-20,22-23,25H,5-17,21,24,26H2,1-4H3/p+1/b27-25+. The third kappa shape index (κ3) is 14.5.